The first-order valence-corrected chi connectivity index (χ1v) is 8.67. The second-order valence-corrected chi connectivity index (χ2v) is 6.87. The maximum Gasteiger partial charge on any atom is 0.358 e. The van der Waals surface area contributed by atoms with Crippen molar-refractivity contribution in [3.63, 3.8) is 0 Å². The van der Waals surface area contributed by atoms with Gasteiger partial charge < -0.3 is 4.74 Å². The van der Waals surface area contributed by atoms with Crippen molar-refractivity contribution in [2.45, 2.75) is 31.7 Å². The third kappa shape index (κ3) is 4.10. The molecule has 124 valence electrons. The van der Waals surface area contributed by atoms with Crippen molar-refractivity contribution in [2.24, 2.45) is 0 Å². The van der Waals surface area contributed by atoms with Crippen molar-refractivity contribution in [3.8, 4) is 0 Å². The Morgan fingerprint density at radius 2 is 1.96 bits per heavy atom. The molecular formula is C15H19N3O4S. The van der Waals surface area contributed by atoms with E-state index in [1.165, 1.54) is 0 Å². The fourth-order valence-corrected chi connectivity index (χ4v) is 2.89. The second kappa shape index (κ2) is 6.82. The molecule has 0 amide bonds. The standard InChI is InChI=1S/C15H19N3O4S/c1-4-22-15(19)13-9-14(17-16-13)23(20,21)18-12-7-5-11(6-8-12)10(2)3/h5-10,18H,4H2,1-3H3,(H,16,17). The molecule has 0 fully saturated rings. The molecule has 0 atom stereocenters. The number of hydrogen-bond acceptors (Lipinski definition) is 5. The van der Waals surface area contributed by atoms with Crippen LogP contribution in [-0.2, 0) is 14.8 Å². The molecule has 0 aliphatic rings. The number of aromatic amines is 1. The number of nitrogens with zero attached hydrogens (tertiary/aromatic N) is 1. The minimum Gasteiger partial charge on any atom is -0.461 e. The van der Waals surface area contributed by atoms with Crippen LogP contribution in [0.2, 0.25) is 0 Å². The van der Waals surface area contributed by atoms with E-state index in [4.69, 9.17) is 4.74 Å². The normalized spacial score (nSPS) is 11.5. The van der Waals surface area contributed by atoms with Gasteiger partial charge in [-0.15, -0.1) is 0 Å². The predicted octanol–water partition coefficient (Wildman–Crippen LogP) is 2.51. The summed E-state index contributed by atoms with van der Waals surface area (Å²) in [5.74, 6) is -0.313. The lowest BCUT2D eigenvalue weighted by atomic mass is 10.0. The summed E-state index contributed by atoms with van der Waals surface area (Å²) < 4.78 is 31.8. The average molecular weight is 337 g/mol. The summed E-state index contributed by atoms with van der Waals surface area (Å²) >= 11 is 0. The highest BCUT2D eigenvalue weighted by atomic mass is 32.2. The van der Waals surface area contributed by atoms with Crippen LogP contribution < -0.4 is 4.72 Å². The molecule has 0 radical (unpaired) electrons. The van der Waals surface area contributed by atoms with Gasteiger partial charge in [0.15, 0.2) is 10.7 Å². The van der Waals surface area contributed by atoms with Crippen LogP contribution >= 0.6 is 0 Å². The molecule has 1 aromatic carbocycles. The third-order valence-corrected chi connectivity index (χ3v) is 4.45. The molecule has 2 aromatic rings. The molecule has 2 N–H and O–H groups in total. The van der Waals surface area contributed by atoms with E-state index in [0.29, 0.717) is 11.6 Å². The van der Waals surface area contributed by atoms with E-state index < -0.39 is 16.0 Å². The number of H-pyrrole nitrogens is 1. The Morgan fingerprint density at radius 1 is 1.30 bits per heavy atom. The smallest absolute Gasteiger partial charge is 0.358 e. The van der Waals surface area contributed by atoms with E-state index in [1.54, 1.807) is 19.1 Å². The maximum atomic E-state index is 12.3. The van der Waals surface area contributed by atoms with Gasteiger partial charge in [0.1, 0.15) is 0 Å². The molecule has 0 saturated heterocycles. The van der Waals surface area contributed by atoms with Crippen LogP contribution in [0.1, 0.15) is 42.7 Å². The van der Waals surface area contributed by atoms with Crippen LogP contribution in [0, 0.1) is 0 Å². The fourth-order valence-electron chi connectivity index (χ4n) is 1.90. The van der Waals surface area contributed by atoms with Crippen LogP contribution in [0.3, 0.4) is 0 Å². The Hall–Kier alpha value is -2.35. The molecule has 0 bridgehead atoms. The monoisotopic (exact) mass is 337 g/mol. The number of carbonyl (C=O) groups is 1. The highest BCUT2D eigenvalue weighted by molar-refractivity contribution is 7.92. The molecule has 1 aromatic heterocycles. The van der Waals surface area contributed by atoms with Gasteiger partial charge in [0.2, 0.25) is 0 Å². The van der Waals surface area contributed by atoms with E-state index in [0.717, 1.165) is 11.6 Å². The van der Waals surface area contributed by atoms with Gasteiger partial charge in [-0.1, -0.05) is 26.0 Å². The van der Waals surface area contributed by atoms with E-state index in [9.17, 15) is 13.2 Å². The van der Waals surface area contributed by atoms with Crippen molar-refractivity contribution in [1.82, 2.24) is 10.2 Å². The van der Waals surface area contributed by atoms with Gasteiger partial charge >= 0.3 is 5.97 Å². The predicted molar refractivity (Wildman–Crippen MR) is 85.9 cm³/mol. The van der Waals surface area contributed by atoms with E-state index in [-0.39, 0.29) is 17.3 Å². The Kier molecular flexibility index (Phi) is 5.05. The van der Waals surface area contributed by atoms with Gasteiger partial charge in [-0.25, -0.2) is 4.79 Å². The summed E-state index contributed by atoms with van der Waals surface area (Å²) in [5, 5.41) is 5.79. The number of nitrogens with one attached hydrogen (secondary N) is 2. The minimum atomic E-state index is -3.85. The number of carbonyl (C=O) groups excluding carboxylic acids is 1. The highest BCUT2D eigenvalue weighted by Gasteiger charge is 2.20. The molecule has 7 nitrogen and oxygen atoms in total. The summed E-state index contributed by atoms with van der Waals surface area (Å²) in [6.07, 6.45) is 0. The molecule has 1 heterocycles. The Morgan fingerprint density at radius 3 is 2.52 bits per heavy atom. The zero-order valence-corrected chi connectivity index (χ0v) is 14.0. The van der Waals surface area contributed by atoms with Gasteiger partial charge in [-0.2, -0.15) is 13.5 Å². The third-order valence-electron chi connectivity index (χ3n) is 3.16. The Bertz CT molecular complexity index is 779. The Balaban J connectivity index is 2.17. The molecule has 0 saturated carbocycles. The number of aromatic nitrogens is 2. The summed E-state index contributed by atoms with van der Waals surface area (Å²) in [5.41, 5.74) is 1.46. The molecule has 23 heavy (non-hydrogen) atoms. The highest BCUT2D eigenvalue weighted by Crippen LogP contribution is 2.19. The van der Waals surface area contributed by atoms with Gasteiger partial charge in [0.25, 0.3) is 10.0 Å². The molecular weight excluding hydrogens is 318 g/mol. The minimum absolute atomic E-state index is 0.0811. The number of hydrogen-bond donors (Lipinski definition) is 2. The topological polar surface area (TPSA) is 101 Å². The van der Waals surface area contributed by atoms with Crippen LogP contribution in [0.5, 0.6) is 0 Å². The largest absolute Gasteiger partial charge is 0.461 e. The number of anilines is 1. The summed E-state index contributed by atoms with van der Waals surface area (Å²) in [4.78, 5) is 11.5. The van der Waals surface area contributed by atoms with Crippen LogP contribution in [0.15, 0.2) is 35.4 Å². The molecule has 0 aliphatic heterocycles. The van der Waals surface area contributed by atoms with Crippen LogP contribution in [-0.4, -0.2) is 31.2 Å². The van der Waals surface area contributed by atoms with Crippen molar-refractivity contribution in [1.29, 1.82) is 0 Å². The first kappa shape index (κ1) is 17.0. The summed E-state index contributed by atoms with van der Waals surface area (Å²) in [6, 6.07) is 8.24. The number of sulfonamides is 1. The van der Waals surface area contributed by atoms with Crippen molar-refractivity contribution < 1.29 is 17.9 Å². The number of rotatable bonds is 6. The SMILES string of the molecule is CCOC(=O)c1cc(S(=O)(=O)Nc2ccc(C(C)C)cc2)[nH]n1. The first-order valence-electron chi connectivity index (χ1n) is 7.18. The molecule has 0 aliphatic carbocycles. The van der Waals surface area contributed by atoms with Crippen LogP contribution in [0.25, 0.3) is 0 Å². The zero-order chi connectivity index (χ0) is 17.0. The lowest BCUT2D eigenvalue weighted by Gasteiger charge is -2.08. The maximum absolute atomic E-state index is 12.3. The number of benzene rings is 1. The van der Waals surface area contributed by atoms with Crippen molar-refractivity contribution >= 4 is 21.7 Å². The molecule has 8 heteroatoms. The average Bonchev–Trinajstić information content (AvgIpc) is 2.98. The van der Waals surface area contributed by atoms with Gasteiger partial charge in [-0.3, -0.25) is 9.82 Å². The van der Waals surface area contributed by atoms with Gasteiger partial charge in [0.05, 0.1) is 6.61 Å². The number of ether oxygens (including phenoxy) is 1. The van der Waals surface area contributed by atoms with Crippen molar-refractivity contribution in [3.05, 3.63) is 41.6 Å². The molecule has 2 rings (SSSR count). The van der Waals surface area contributed by atoms with E-state index >= 15 is 0 Å². The second-order valence-electron chi connectivity index (χ2n) is 5.22. The van der Waals surface area contributed by atoms with Gasteiger partial charge in [0, 0.05) is 11.8 Å². The summed E-state index contributed by atoms with van der Waals surface area (Å²) in [7, 11) is -3.85. The van der Waals surface area contributed by atoms with Crippen molar-refractivity contribution in [2.75, 3.05) is 11.3 Å². The summed E-state index contributed by atoms with van der Waals surface area (Å²) in [6.45, 7) is 5.96. The quantitative estimate of drug-likeness (QED) is 0.789. The fraction of sp³-hybridized carbons (Fsp3) is 0.333. The van der Waals surface area contributed by atoms with Gasteiger partial charge in [-0.05, 0) is 30.5 Å². The van der Waals surface area contributed by atoms with Crippen LogP contribution in [0.4, 0.5) is 5.69 Å². The zero-order valence-electron chi connectivity index (χ0n) is 13.2. The first-order chi connectivity index (χ1) is 10.8. The molecule has 0 spiro atoms. The number of esters is 1. The Labute approximate surface area is 135 Å². The van der Waals surface area contributed by atoms with E-state index in [2.05, 4.69) is 28.8 Å². The van der Waals surface area contributed by atoms with E-state index in [1.807, 2.05) is 12.1 Å². The lowest BCUT2D eigenvalue weighted by molar-refractivity contribution is 0.0519. The lowest BCUT2D eigenvalue weighted by Crippen LogP contribution is -2.13. The molecule has 0 unspecified atom stereocenters.